The van der Waals surface area contributed by atoms with E-state index in [2.05, 4.69) is 37.0 Å². The topological polar surface area (TPSA) is 77.2 Å². The Morgan fingerprint density at radius 3 is 3.15 bits per heavy atom. The van der Waals surface area contributed by atoms with E-state index in [9.17, 15) is 4.79 Å². The molecule has 27 heavy (non-hydrogen) atoms. The fourth-order valence-corrected chi connectivity index (χ4v) is 5.51. The van der Waals surface area contributed by atoms with Crippen LogP contribution in [-0.4, -0.2) is 63.2 Å². The molecule has 0 radical (unpaired) electrons. The Morgan fingerprint density at radius 2 is 2.22 bits per heavy atom. The van der Waals surface area contributed by atoms with Crippen LogP contribution in [0.1, 0.15) is 24.8 Å². The zero-order chi connectivity index (χ0) is 18.4. The van der Waals surface area contributed by atoms with E-state index in [-0.39, 0.29) is 5.91 Å². The number of anilines is 1. The molecule has 2 atom stereocenters. The molecule has 1 amide bonds. The predicted octanol–water partition coefficient (Wildman–Crippen LogP) is 2.01. The number of likely N-dealkylation sites (tertiary alicyclic amines) is 1. The van der Waals surface area contributed by atoms with Crippen molar-refractivity contribution in [1.82, 2.24) is 25.2 Å². The van der Waals surface area contributed by atoms with Gasteiger partial charge in [-0.25, -0.2) is 9.97 Å². The van der Waals surface area contributed by atoms with Crippen LogP contribution in [-0.2, 0) is 4.79 Å². The molecule has 2 fully saturated rings. The summed E-state index contributed by atoms with van der Waals surface area (Å²) >= 11 is 1.67. The highest BCUT2D eigenvalue weighted by Gasteiger charge is 2.38. The summed E-state index contributed by atoms with van der Waals surface area (Å²) in [5.41, 5.74) is 1.96. The van der Waals surface area contributed by atoms with Gasteiger partial charge in [-0.1, -0.05) is 0 Å². The van der Waals surface area contributed by atoms with Crippen molar-refractivity contribution in [2.75, 3.05) is 30.3 Å². The number of aryl methyl sites for hydroxylation is 1. The van der Waals surface area contributed by atoms with Gasteiger partial charge in [0.2, 0.25) is 0 Å². The Balaban J connectivity index is 1.45. The molecule has 0 bridgehead atoms. The largest absolute Gasteiger partial charge is 0.346 e. The molecule has 2 N–H and O–H groups in total. The average Bonchev–Trinajstić information content (AvgIpc) is 3.34. The molecule has 1 unspecified atom stereocenters. The number of piperidine rings is 1. The number of hydrogen-bond donors (Lipinski definition) is 2. The van der Waals surface area contributed by atoms with E-state index < -0.39 is 0 Å². The van der Waals surface area contributed by atoms with E-state index in [4.69, 9.17) is 0 Å². The highest BCUT2D eigenvalue weighted by Crippen LogP contribution is 2.33. The number of nitrogens with zero attached hydrogens (tertiary/aromatic N) is 4. The molecular formula is C19H24N6OS. The highest BCUT2D eigenvalue weighted by molar-refractivity contribution is 8.04. The van der Waals surface area contributed by atoms with Gasteiger partial charge in [-0.3, -0.25) is 4.79 Å². The lowest BCUT2D eigenvalue weighted by Gasteiger charge is -2.38. The summed E-state index contributed by atoms with van der Waals surface area (Å²) in [7, 11) is 0. The second-order valence-corrected chi connectivity index (χ2v) is 8.62. The molecular weight excluding hydrogens is 360 g/mol. The van der Waals surface area contributed by atoms with Gasteiger partial charge in [0.15, 0.2) is 0 Å². The van der Waals surface area contributed by atoms with Crippen molar-refractivity contribution >= 4 is 34.5 Å². The van der Waals surface area contributed by atoms with E-state index in [1.54, 1.807) is 18.1 Å². The van der Waals surface area contributed by atoms with Gasteiger partial charge in [-0.2, -0.15) is 0 Å². The number of aromatic nitrogens is 3. The van der Waals surface area contributed by atoms with Crippen LogP contribution in [0.2, 0.25) is 0 Å². The number of carbonyl (C=O) groups excluding carboxylic acids is 1. The first kappa shape index (κ1) is 17.1. The van der Waals surface area contributed by atoms with Crippen molar-refractivity contribution < 1.29 is 4.79 Å². The lowest BCUT2D eigenvalue weighted by molar-refractivity contribution is -0.130. The number of rotatable bonds is 2. The molecule has 3 aliphatic rings. The van der Waals surface area contributed by atoms with Crippen LogP contribution in [0.25, 0.3) is 11.0 Å². The molecule has 0 spiro atoms. The van der Waals surface area contributed by atoms with Crippen LogP contribution in [0, 0.1) is 6.92 Å². The monoisotopic (exact) mass is 384 g/mol. The number of carbonyl (C=O) groups is 1. The maximum Gasteiger partial charge on any atom is 0.262 e. The summed E-state index contributed by atoms with van der Waals surface area (Å²) in [6.45, 7) is 4.78. The Kier molecular flexibility index (Phi) is 4.32. The molecule has 2 aromatic heterocycles. The minimum Gasteiger partial charge on any atom is -0.346 e. The summed E-state index contributed by atoms with van der Waals surface area (Å²) < 4.78 is 0. The van der Waals surface area contributed by atoms with Gasteiger partial charge in [0.1, 0.15) is 17.8 Å². The number of fused-ring (bicyclic) bond motifs is 2. The van der Waals surface area contributed by atoms with E-state index >= 15 is 0 Å². The zero-order valence-electron chi connectivity index (χ0n) is 15.4. The summed E-state index contributed by atoms with van der Waals surface area (Å²) in [6.07, 6.45) is 8.86. The number of hydrogen-bond acceptors (Lipinski definition) is 6. The first-order chi connectivity index (χ1) is 13.2. The molecule has 2 saturated heterocycles. The van der Waals surface area contributed by atoms with Gasteiger partial charge in [0.25, 0.3) is 5.91 Å². The molecule has 0 aromatic carbocycles. The van der Waals surface area contributed by atoms with Crippen LogP contribution < -0.4 is 10.2 Å². The van der Waals surface area contributed by atoms with Crippen LogP contribution in [0.5, 0.6) is 0 Å². The third kappa shape index (κ3) is 2.91. The van der Waals surface area contributed by atoms with Gasteiger partial charge in [0.05, 0.1) is 10.3 Å². The number of aromatic amines is 1. The SMILES string of the molecule is Cc1c[nH]c2ncnc(N3C=C(C(=O)N4CCC[C@@H]5NCCC54)SCC3)c12. The first-order valence-corrected chi connectivity index (χ1v) is 10.7. The van der Waals surface area contributed by atoms with E-state index in [1.165, 1.54) is 6.42 Å². The van der Waals surface area contributed by atoms with Crippen LogP contribution in [0.3, 0.4) is 0 Å². The van der Waals surface area contributed by atoms with E-state index in [1.807, 2.05) is 12.4 Å². The second kappa shape index (κ2) is 6.83. The number of amides is 1. The first-order valence-electron chi connectivity index (χ1n) is 9.66. The van der Waals surface area contributed by atoms with Crippen LogP contribution >= 0.6 is 11.8 Å². The number of H-pyrrole nitrogens is 1. The minimum absolute atomic E-state index is 0.180. The molecule has 142 valence electrons. The number of nitrogens with one attached hydrogen (secondary N) is 2. The van der Waals surface area contributed by atoms with E-state index in [0.29, 0.717) is 12.1 Å². The van der Waals surface area contributed by atoms with Gasteiger partial charge < -0.3 is 20.1 Å². The lowest BCUT2D eigenvalue weighted by atomic mass is 9.97. The lowest BCUT2D eigenvalue weighted by Crippen LogP contribution is -2.51. The molecule has 0 aliphatic carbocycles. The standard InChI is InChI=1S/C19H24N6OS/c1-12-9-21-17-16(12)18(23-11-22-17)24-7-8-27-15(10-24)19(26)25-6-2-3-13-14(25)4-5-20-13/h9-11,13-14,20H,2-8H2,1H3,(H,21,22,23)/t13-,14?/m0/s1. The average molecular weight is 385 g/mol. The smallest absolute Gasteiger partial charge is 0.262 e. The van der Waals surface area contributed by atoms with Crippen LogP contribution in [0.15, 0.2) is 23.6 Å². The highest BCUT2D eigenvalue weighted by atomic mass is 32.2. The Morgan fingerprint density at radius 1 is 1.30 bits per heavy atom. The molecule has 2 aromatic rings. The summed E-state index contributed by atoms with van der Waals surface area (Å²) in [5, 5.41) is 4.59. The van der Waals surface area contributed by atoms with Gasteiger partial charge in [0, 0.05) is 43.3 Å². The normalized spacial score (nSPS) is 25.6. The maximum absolute atomic E-state index is 13.3. The third-order valence-electron chi connectivity index (χ3n) is 5.88. The quantitative estimate of drug-likeness (QED) is 0.825. The van der Waals surface area contributed by atoms with Crippen molar-refractivity contribution in [1.29, 1.82) is 0 Å². The second-order valence-electron chi connectivity index (χ2n) is 7.49. The Hall–Kier alpha value is -2.06. The fraction of sp³-hybridized carbons (Fsp3) is 0.526. The molecule has 5 rings (SSSR count). The Labute approximate surface area is 162 Å². The van der Waals surface area contributed by atoms with Gasteiger partial charge in [-0.15, -0.1) is 11.8 Å². The summed E-state index contributed by atoms with van der Waals surface area (Å²) in [4.78, 5) is 30.4. The fourth-order valence-electron chi connectivity index (χ4n) is 4.56. The molecule has 8 heteroatoms. The molecule has 3 aliphatic heterocycles. The maximum atomic E-state index is 13.3. The minimum atomic E-state index is 0.180. The van der Waals surface area contributed by atoms with Crippen molar-refractivity contribution in [3.63, 3.8) is 0 Å². The van der Waals surface area contributed by atoms with Gasteiger partial charge >= 0.3 is 0 Å². The van der Waals surface area contributed by atoms with Crippen molar-refractivity contribution in [2.45, 2.75) is 38.3 Å². The zero-order valence-corrected chi connectivity index (χ0v) is 16.3. The van der Waals surface area contributed by atoms with Crippen molar-refractivity contribution in [3.8, 4) is 0 Å². The molecule has 0 saturated carbocycles. The summed E-state index contributed by atoms with van der Waals surface area (Å²) in [6, 6.07) is 0.817. The van der Waals surface area contributed by atoms with Crippen LogP contribution in [0.4, 0.5) is 5.82 Å². The van der Waals surface area contributed by atoms with E-state index in [0.717, 1.165) is 65.5 Å². The van der Waals surface area contributed by atoms with Crippen molar-refractivity contribution in [2.24, 2.45) is 0 Å². The van der Waals surface area contributed by atoms with Crippen molar-refractivity contribution in [3.05, 3.63) is 29.2 Å². The third-order valence-corrected chi connectivity index (χ3v) is 6.86. The summed E-state index contributed by atoms with van der Waals surface area (Å²) in [5.74, 6) is 1.94. The molecule has 7 nitrogen and oxygen atoms in total. The Bertz CT molecular complexity index is 909. The van der Waals surface area contributed by atoms with Gasteiger partial charge in [-0.05, 0) is 38.3 Å². The molecule has 5 heterocycles. The number of thioether (sulfide) groups is 1. The predicted molar refractivity (Wildman–Crippen MR) is 108 cm³/mol.